The quantitative estimate of drug-likeness (QED) is 0.822. The first kappa shape index (κ1) is 21.4. The van der Waals surface area contributed by atoms with Gasteiger partial charge in [-0.25, -0.2) is 4.98 Å². The highest BCUT2D eigenvalue weighted by Gasteiger charge is 2.36. The molecule has 136 valence electrons. The number of carbonyl (C=O) groups is 1. The zero-order valence-corrected chi connectivity index (χ0v) is 17.5. The zero-order chi connectivity index (χ0) is 16.1. The van der Waals surface area contributed by atoms with Gasteiger partial charge in [-0.05, 0) is 17.9 Å². The Balaban J connectivity index is 0.00000144. The molecule has 2 aromatic rings. The molecular weight excluding hydrogens is 387 g/mol. The molecule has 0 saturated carbocycles. The Labute approximate surface area is 163 Å². The summed E-state index contributed by atoms with van der Waals surface area (Å²) in [6.07, 6.45) is 0.863. The van der Waals surface area contributed by atoms with Gasteiger partial charge < -0.3 is 15.5 Å². The van der Waals surface area contributed by atoms with E-state index >= 15 is 0 Å². The van der Waals surface area contributed by atoms with Crippen molar-refractivity contribution in [3.05, 3.63) is 10.9 Å². The predicted octanol–water partition coefficient (Wildman–Crippen LogP) is 3.47. The van der Waals surface area contributed by atoms with Gasteiger partial charge in [0.1, 0.15) is 4.83 Å². The van der Waals surface area contributed by atoms with E-state index in [1.165, 1.54) is 11.3 Å². The number of hydrogen-bond donors (Lipinski definition) is 1. The smallest absolute Gasteiger partial charge is 0.264 e. The summed E-state index contributed by atoms with van der Waals surface area (Å²) in [6.45, 7) is 5.73. The van der Waals surface area contributed by atoms with E-state index < -0.39 is 0 Å². The van der Waals surface area contributed by atoms with E-state index in [2.05, 4.69) is 18.8 Å². The number of thiazole rings is 1. The lowest BCUT2D eigenvalue weighted by atomic mass is 9.79. The molecule has 2 N–H and O–H groups in total. The molecule has 1 amide bonds. The molecule has 0 aromatic carbocycles. The van der Waals surface area contributed by atoms with Gasteiger partial charge in [-0.15, -0.1) is 36.2 Å². The molecule has 3 rings (SSSR count). The van der Waals surface area contributed by atoms with Crippen molar-refractivity contribution in [3.8, 4) is 0 Å². The average Bonchev–Trinajstić information content (AvgIpc) is 2.99. The number of fused-ring (bicyclic) bond motifs is 1. The number of nitrogens with zero attached hydrogens (tertiary/aromatic N) is 3. The maximum absolute atomic E-state index is 12.7. The molecule has 1 aliphatic heterocycles. The molecule has 0 aliphatic carbocycles. The third-order valence-corrected chi connectivity index (χ3v) is 6.59. The van der Waals surface area contributed by atoms with Gasteiger partial charge >= 0.3 is 0 Å². The van der Waals surface area contributed by atoms with Crippen molar-refractivity contribution in [2.45, 2.75) is 26.3 Å². The van der Waals surface area contributed by atoms with Gasteiger partial charge in [0.2, 0.25) is 0 Å². The molecule has 1 unspecified atom stereocenters. The second-order valence-corrected chi connectivity index (χ2v) is 8.82. The number of nitrogens with two attached hydrogens (primary N) is 1. The monoisotopic (exact) mass is 410 g/mol. The molecule has 9 heteroatoms. The summed E-state index contributed by atoms with van der Waals surface area (Å²) < 4.78 is 1.09. The van der Waals surface area contributed by atoms with Crippen LogP contribution in [0.15, 0.2) is 6.07 Å². The summed E-state index contributed by atoms with van der Waals surface area (Å²) >= 11 is 3.11. The van der Waals surface area contributed by atoms with Crippen molar-refractivity contribution >= 4 is 68.1 Å². The third kappa shape index (κ3) is 3.96. The lowest BCUT2D eigenvalue weighted by Gasteiger charge is -2.42. The number of piperidine rings is 1. The molecule has 1 fully saturated rings. The van der Waals surface area contributed by atoms with Crippen LogP contribution in [0.3, 0.4) is 0 Å². The Morgan fingerprint density at radius 3 is 2.58 bits per heavy atom. The highest BCUT2D eigenvalue weighted by atomic mass is 35.5. The molecule has 3 heterocycles. The maximum atomic E-state index is 12.7. The Morgan fingerprint density at radius 1 is 1.38 bits per heavy atom. The number of halogens is 2. The fourth-order valence-corrected chi connectivity index (χ4v) is 4.82. The first-order chi connectivity index (χ1) is 10.3. The SMILES string of the molecule is CN(C)c1nc2sc(C(=O)N3CCC(N)C(C)(C)C3)cc2s1.Cl.Cl. The predicted molar refractivity (Wildman–Crippen MR) is 109 cm³/mol. The Hall–Kier alpha value is -0.600. The highest BCUT2D eigenvalue weighted by Crippen LogP contribution is 2.35. The van der Waals surface area contributed by atoms with Gasteiger partial charge in [0.25, 0.3) is 5.91 Å². The van der Waals surface area contributed by atoms with Crippen LogP contribution in [0.4, 0.5) is 5.13 Å². The van der Waals surface area contributed by atoms with E-state index in [4.69, 9.17) is 5.73 Å². The lowest BCUT2D eigenvalue weighted by molar-refractivity contribution is 0.0538. The number of hydrogen-bond acceptors (Lipinski definition) is 6. The summed E-state index contributed by atoms with van der Waals surface area (Å²) in [4.78, 5) is 23.0. The third-order valence-electron chi connectivity index (χ3n) is 4.27. The summed E-state index contributed by atoms with van der Waals surface area (Å²) in [5.41, 5.74) is 6.13. The van der Waals surface area contributed by atoms with Crippen molar-refractivity contribution in [2.75, 3.05) is 32.1 Å². The van der Waals surface area contributed by atoms with Gasteiger partial charge in [-0.1, -0.05) is 25.2 Å². The van der Waals surface area contributed by atoms with E-state index in [0.717, 1.165) is 39.0 Å². The van der Waals surface area contributed by atoms with Crippen LogP contribution in [0.5, 0.6) is 0 Å². The Kier molecular flexibility index (Phi) is 6.92. The maximum Gasteiger partial charge on any atom is 0.264 e. The number of rotatable bonds is 2. The van der Waals surface area contributed by atoms with Crippen LogP contribution in [-0.2, 0) is 0 Å². The van der Waals surface area contributed by atoms with E-state index in [9.17, 15) is 4.79 Å². The van der Waals surface area contributed by atoms with Gasteiger partial charge in [-0.3, -0.25) is 4.79 Å². The first-order valence-electron chi connectivity index (χ1n) is 7.40. The normalized spacial score (nSPS) is 19.5. The second-order valence-electron chi connectivity index (χ2n) is 6.78. The zero-order valence-electron chi connectivity index (χ0n) is 14.2. The largest absolute Gasteiger partial charge is 0.354 e. The van der Waals surface area contributed by atoms with E-state index in [0.29, 0.717) is 0 Å². The number of thiophene rings is 1. The van der Waals surface area contributed by atoms with Crippen LogP contribution < -0.4 is 10.6 Å². The van der Waals surface area contributed by atoms with Gasteiger partial charge in [0.15, 0.2) is 5.13 Å². The number of anilines is 1. The average molecular weight is 411 g/mol. The minimum atomic E-state index is -0.0289. The van der Waals surface area contributed by atoms with Crippen LogP contribution in [0, 0.1) is 5.41 Å². The molecule has 24 heavy (non-hydrogen) atoms. The van der Waals surface area contributed by atoms with E-state index in [-0.39, 0.29) is 42.2 Å². The minimum absolute atomic E-state index is 0. The molecule has 5 nitrogen and oxygen atoms in total. The van der Waals surface area contributed by atoms with Crippen LogP contribution in [0.25, 0.3) is 9.53 Å². The molecule has 0 spiro atoms. The summed E-state index contributed by atoms with van der Waals surface area (Å²) in [5.74, 6) is 0.113. The summed E-state index contributed by atoms with van der Waals surface area (Å²) in [7, 11) is 3.96. The molecule has 1 atom stereocenters. The number of likely N-dealkylation sites (tertiary alicyclic amines) is 1. The fourth-order valence-electron chi connectivity index (χ4n) is 2.72. The number of aromatic nitrogens is 1. The lowest BCUT2D eigenvalue weighted by Crippen LogP contribution is -2.53. The molecule has 2 aromatic heterocycles. The Bertz CT molecular complexity index is 682. The first-order valence-corrected chi connectivity index (χ1v) is 9.04. The second kappa shape index (κ2) is 7.74. The topological polar surface area (TPSA) is 62.5 Å². The van der Waals surface area contributed by atoms with Crippen molar-refractivity contribution in [3.63, 3.8) is 0 Å². The minimum Gasteiger partial charge on any atom is -0.354 e. The molecule has 1 saturated heterocycles. The van der Waals surface area contributed by atoms with Crippen LogP contribution in [0.2, 0.25) is 0 Å². The van der Waals surface area contributed by atoms with Crippen molar-refractivity contribution < 1.29 is 4.79 Å². The standard InChI is InChI=1S/C15H22N4OS2.2ClH/c1-15(2)8-19(6-5-11(15)16)13(20)10-7-9-12(21-10)17-14(22-9)18(3)4;;/h7,11H,5-6,8,16H2,1-4H3;2*1H. The van der Waals surface area contributed by atoms with Crippen molar-refractivity contribution in [2.24, 2.45) is 11.1 Å². The van der Waals surface area contributed by atoms with Crippen molar-refractivity contribution in [1.29, 1.82) is 0 Å². The molecule has 1 aliphatic rings. The fraction of sp³-hybridized carbons (Fsp3) is 0.600. The van der Waals surface area contributed by atoms with Gasteiger partial charge in [0, 0.05) is 33.2 Å². The van der Waals surface area contributed by atoms with Gasteiger partial charge in [-0.2, -0.15) is 0 Å². The van der Waals surface area contributed by atoms with Crippen LogP contribution >= 0.6 is 47.5 Å². The van der Waals surface area contributed by atoms with E-state index in [1.54, 1.807) is 11.3 Å². The highest BCUT2D eigenvalue weighted by molar-refractivity contribution is 7.29. The molecule has 0 radical (unpaired) electrons. The number of amides is 1. The molecule has 0 bridgehead atoms. The van der Waals surface area contributed by atoms with Crippen molar-refractivity contribution in [1.82, 2.24) is 9.88 Å². The summed E-state index contributed by atoms with van der Waals surface area (Å²) in [5, 5.41) is 0.977. The van der Waals surface area contributed by atoms with E-state index in [1.807, 2.05) is 30.0 Å². The van der Waals surface area contributed by atoms with Gasteiger partial charge in [0.05, 0.1) is 9.58 Å². The van der Waals surface area contributed by atoms with Crippen LogP contribution in [0.1, 0.15) is 29.9 Å². The molecular formula is C15H24Cl2N4OS2. The van der Waals surface area contributed by atoms with Crippen LogP contribution in [-0.4, -0.2) is 49.0 Å². The number of carbonyl (C=O) groups excluding carboxylic acids is 1. The Morgan fingerprint density at radius 2 is 2.04 bits per heavy atom. The summed E-state index contributed by atoms with van der Waals surface area (Å²) in [6, 6.07) is 2.14.